The van der Waals surface area contributed by atoms with E-state index in [1.807, 2.05) is 30.5 Å². The van der Waals surface area contributed by atoms with Crippen molar-refractivity contribution in [3.63, 3.8) is 0 Å². The largest absolute Gasteiger partial charge is 0.301 e. The number of fused-ring (bicyclic) bond motifs is 3. The van der Waals surface area contributed by atoms with Gasteiger partial charge in [-0.25, -0.2) is 4.98 Å². The van der Waals surface area contributed by atoms with Gasteiger partial charge in [0.2, 0.25) is 0 Å². The number of aromatic nitrogens is 2. The van der Waals surface area contributed by atoms with E-state index in [1.54, 1.807) is 15.9 Å². The quantitative estimate of drug-likeness (QED) is 0.520. The van der Waals surface area contributed by atoms with Crippen LogP contribution in [0.15, 0.2) is 34.2 Å². The highest BCUT2D eigenvalue weighted by molar-refractivity contribution is 7.98. The number of nitrogens with zero attached hydrogens (tertiary/aromatic N) is 3. The van der Waals surface area contributed by atoms with Gasteiger partial charge in [0.25, 0.3) is 5.56 Å². The number of hydrogen-bond acceptors (Lipinski definition) is 5. The molecule has 1 aliphatic rings. The van der Waals surface area contributed by atoms with E-state index in [0.29, 0.717) is 0 Å². The fraction of sp³-hybridized carbons (Fsp3) is 0.333. The summed E-state index contributed by atoms with van der Waals surface area (Å²) in [6, 6.07) is 8.06. The summed E-state index contributed by atoms with van der Waals surface area (Å²) >= 11 is 3.19. The molecule has 0 amide bonds. The molecule has 24 heavy (non-hydrogen) atoms. The number of likely N-dealkylation sites (N-methyl/N-ethyl adjacent to an activating group) is 1. The van der Waals surface area contributed by atoms with Gasteiger partial charge in [0, 0.05) is 18.0 Å². The first-order valence-electron chi connectivity index (χ1n) is 7.95. The van der Waals surface area contributed by atoms with Gasteiger partial charge < -0.3 is 4.90 Å². The Morgan fingerprint density at radius 1 is 1.25 bits per heavy atom. The Balaban J connectivity index is 2.01. The fourth-order valence-corrected chi connectivity index (χ4v) is 5.11. The predicted octanol–water partition coefficient (Wildman–Crippen LogP) is 3.47. The van der Waals surface area contributed by atoms with Gasteiger partial charge >= 0.3 is 0 Å². The average Bonchev–Trinajstić information content (AvgIpc) is 2.93. The van der Waals surface area contributed by atoms with Crippen molar-refractivity contribution >= 4 is 33.3 Å². The van der Waals surface area contributed by atoms with E-state index in [9.17, 15) is 4.79 Å². The minimum Gasteiger partial charge on any atom is -0.301 e. The molecule has 124 valence electrons. The van der Waals surface area contributed by atoms with E-state index in [0.717, 1.165) is 40.6 Å². The SMILES string of the molecule is CSc1nc2sc3c(c2c(=O)n1-c1ccc(C)cc1)CCN(C)C3. The monoisotopic (exact) mass is 357 g/mol. The van der Waals surface area contributed by atoms with E-state index in [-0.39, 0.29) is 5.56 Å². The van der Waals surface area contributed by atoms with Crippen LogP contribution in [0.4, 0.5) is 0 Å². The number of benzene rings is 1. The van der Waals surface area contributed by atoms with Gasteiger partial charge in [0.15, 0.2) is 5.16 Å². The molecule has 0 N–H and O–H groups in total. The van der Waals surface area contributed by atoms with Crippen LogP contribution < -0.4 is 5.56 Å². The van der Waals surface area contributed by atoms with E-state index < -0.39 is 0 Å². The van der Waals surface area contributed by atoms with Crippen molar-refractivity contribution in [1.82, 2.24) is 14.5 Å². The van der Waals surface area contributed by atoms with Gasteiger partial charge in [-0.05, 0) is 44.3 Å². The van der Waals surface area contributed by atoms with E-state index in [4.69, 9.17) is 4.98 Å². The molecule has 0 unspecified atom stereocenters. The second-order valence-electron chi connectivity index (χ2n) is 6.25. The van der Waals surface area contributed by atoms with Crippen LogP contribution in [0.2, 0.25) is 0 Å². The van der Waals surface area contributed by atoms with Gasteiger partial charge in [0.1, 0.15) is 4.83 Å². The lowest BCUT2D eigenvalue weighted by molar-refractivity contribution is 0.318. The van der Waals surface area contributed by atoms with Crippen LogP contribution in [0.3, 0.4) is 0 Å². The summed E-state index contributed by atoms with van der Waals surface area (Å²) < 4.78 is 1.76. The van der Waals surface area contributed by atoms with Crippen LogP contribution in [0, 0.1) is 6.92 Å². The van der Waals surface area contributed by atoms with Crippen molar-refractivity contribution in [2.24, 2.45) is 0 Å². The maximum Gasteiger partial charge on any atom is 0.267 e. The molecule has 6 heteroatoms. The molecule has 0 fully saturated rings. The van der Waals surface area contributed by atoms with Crippen LogP contribution in [-0.2, 0) is 13.0 Å². The number of hydrogen-bond donors (Lipinski definition) is 0. The third-order valence-electron chi connectivity index (χ3n) is 4.51. The summed E-state index contributed by atoms with van der Waals surface area (Å²) in [7, 11) is 2.12. The second-order valence-corrected chi connectivity index (χ2v) is 8.10. The summed E-state index contributed by atoms with van der Waals surface area (Å²) in [6.45, 7) is 3.96. The second kappa shape index (κ2) is 6.02. The third kappa shape index (κ3) is 2.49. The first-order valence-corrected chi connectivity index (χ1v) is 9.99. The maximum atomic E-state index is 13.3. The van der Waals surface area contributed by atoms with Crippen molar-refractivity contribution in [2.45, 2.75) is 25.0 Å². The third-order valence-corrected chi connectivity index (χ3v) is 6.26. The van der Waals surface area contributed by atoms with E-state index in [1.165, 1.54) is 27.8 Å². The minimum atomic E-state index is 0.0651. The Morgan fingerprint density at radius 3 is 2.71 bits per heavy atom. The van der Waals surface area contributed by atoms with Gasteiger partial charge in [-0.3, -0.25) is 9.36 Å². The Kier molecular flexibility index (Phi) is 3.98. The minimum absolute atomic E-state index is 0.0651. The van der Waals surface area contributed by atoms with Crippen LogP contribution in [0.25, 0.3) is 15.9 Å². The van der Waals surface area contributed by atoms with Gasteiger partial charge in [-0.1, -0.05) is 29.5 Å². The molecular formula is C18H19N3OS2. The lowest BCUT2D eigenvalue weighted by atomic mass is 10.1. The fourth-order valence-electron chi connectivity index (χ4n) is 3.21. The topological polar surface area (TPSA) is 38.1 Å². The highest BCUT2D eigenvalue weighted by Gasteiger charge is 2.24. The molecule has 2 aromatic heterocycles. The number of thioether (sulfide) groups is 1. The first-order chi connectivity index (χ1) is 11.6. The highest BCUT2D eigenvalue weighted by Crippen LogP contribution is 2.33. The number of thiophene rings is 1. The van der Waals surface area contributed by atoms with E-state index >= 15 is 0 Å². The number of aryl methyl sites for hydroxylation is 1. The molecule has 0 saturated heterocycles. The Morgan fingerprint density at radius 2 is 2.00 bits per heavy atom. The zero-order chi connectivity index (χ0) is 16.8. The normalized spacial score (nSPS) is 15.0. The smallest absolute Gasteiger partial charge is 0.267 e. The van der Waals surface area contributed by atoms with Crippen LogP contribution in [0.5, 0.6) is 0 Å². The Labute approximate surface area is 149 Å². The molecule has 3 heterocycles. The zero-order valence-electron chi connectivity index (χ0n) is 14.0. The number of rotatable bonds is 2. The van der Waals surface area contributed by atoms with Gasteiger partial charge in [-0.15, -0.1) is 11.3 Å². The van der Waals surface area contributed by atoms with Crippen molar-refractivity contribution in [2.75, 3.05) is 19.8 Å². The summed E-state index contributed by atoms with van der Waals surface area (Å²) in [5, 5.41) is 1.57. The molecule has 4 nitrogen and oxygen atoms in total. The van der Waals surface area contributed by atoms with Crippen molar-refractivity contribution in [3.05, 3.63) is 50.6 Å². The summed E-state index contributed by atoms with van der Waals surface area (Å²) in [4.78, 5) is 22.6. The molecule has 3 aromatic rings. The molecule has 0 aliphatic carbocycles. The van der Waals surface area contributed by atoms with Crippen LogP contribution in [-0.4, -0.2) is 34.3 Å². The van der Waals surface area contributed by atoms with Crippen LogP contribution in [0.1, 0.15) is 16.0 Å². The lowest BCUT2D eigenvalue weighted by Gasteiger charge is -2.21. The molecule has 0 radical (unpaired) electrons. The van der Waals surface area contributed by atoms with Crippen molar-refractivity contribution in [3.8, 4) is 5.69 Å². The molecule has 0 saturated carbocycles. The standard InChI is InChI=1S/C18H19N3OS2/c1-11-4-6-12(7-5-11)21-17(22)15-13-8-9-20(2)10-14(13)24-16(15)19-18(21)23-3/h4-7H,8-10H2,1-3H3. The van der Waals surface area contributed by atoms with E-state index in [2.05, 4.69) is 18.9 Å². The molecule has 0 atom stereocenters. The van der Waals surface area contributed by atoms with Crippen molar-refractivity contribution < 1.29 is 0 Å². The summed E-state index contributed by atoms with van der Waals surface area (Å²) in [6.07, 6.45) is 2.90. The van der Waals surface area contributed by atoms with Crippen molar-refractivity contribution in [1.29, 1.82) is 0 Å². The maximum absolute atomic E-state index is 13.3. The Hall–Kier alpha value is -1.63. The molecule has 0 spiro atoms. The molecular weight excluding hydrogens is 338 g/mol. The Bertz CT molecular complexity index is 973. The molecule has 1 aromatic carbocycles. The molecule has 0 bridgehead atoms. The average molecular weight is 358 g/mol. The highest BCUT2D eigenvalue weighted by atomic mass is 32.2. The summed E-state index contributed by atoms with van der Waals surface area (Å²) in [5.74, 6) is 0. The summed E-state index contributed by atoms with van der Waals surface area (Å²) in [5.41, 5.74) is 3.34. The lowest BCUT2D eigenvalue weighted by Crippen LogP contribution is -2.27. The molecule has 1 aliphatic heterocycles. The van der Waals surface area contributed by atoms with Crippen LogP contribution >= 0.6 is 23.1 Å². The van der Waals surface area contributed by atoms with Gasteiger partial charge in [-0.2, -0.15) is 0 Å². The molecule has 4 rings (SSSR count). The first kappa shape index (κ1) is 15.9. The predicted molar refractivity (Wildman–Crippen MR) is 102 cm³/mol. The zero-order valence-corrected chi connectivity index (χ0v) is 15.6. The van der Waals surface area contributed by atoms with Gasteiger partial charge in [0.05, 0.1) is 11.1 Å².